The predicted molar refractivity (Wildman–Crippen MR) is 73.4 cm³/mol. The second kappa shape index (κ2) is 7.30. The second-order valence-electron chi connectivity index (χ2n) is 4.56. The Bertz CT molecular complexity index is 303. The summed E-state index contributed by atoms with van der Waals surface area (Å²) in [5, 5.41) is 9.01. The lowest BCUT2D eigenvalue weighted by Gasteiger charge is -2.21. The van der Waals surface area contributed by atoms with Crippen molar-refractivity contribution in [1.82, 2.24) is 4.90 Å². The first-order chi connectivity index (χ1) is 8.17. The molecule has 0 saturated carbocycles. The van der Waals surface area contributed by atoms with Crippen LogP contribution in [0.4, 0.5) is 5.69 Å². The van der Waals surface area contributed by atoms with Crippen LogP contribution in [-0.4, -0.2) is 43.8 Å². The SMILES string of the molecule is CCCN(CCO)Cc1ccc(N(C)C)cc1. The average molecular weight is 236 g/mol. The zero-order chi connectivity index (χ0) is 12.7. The zero-order valence-electron chi connectivity index (χ0n) is 11.2. The number of benzene rings is 1. The van der Waals surface area contributed by atoms with Crippen molar-refractivity contribution in [3.63, 3.8) is 0 Å². The molecule has 1 rings (SSSR count). The van der Waals surface area contributed by atoms with Gasteiger partial charge in [0.2, 0.25) is 0 Å². The smallest absolute Gasteiger partial charge is 0.0558 e. The summed E-state index contributed by atoms with van der Waals surface area (Å²) in [4.78, 5) is 4.38. The van der Waals surface area contributed by atoms with Gasteiger partial charge < -0.3 is 10.0 Å². The quantitative estimate of drug-likeness (QED) is 0.784. The summed E-state index contributed by atoms with van der Waals surface area (Å²) in [5.41, 5.74) is 2.52. The Hall–Kier alpha value is -1.06. The number of nitrogens with zero attached hydrogens (tertiary/aromatic N) is 2. The van der Waals surface area contributed by atoms with Gasteiger partial charge in [0.15, 0.2) is 0 Å². The maximum absolute atomic E-state index is 9.01. The number of hydrogen-bond acceptors (Lipinski definition) is 3. The van der Waals surface area contributed by atoms with E-state index in [0.29, 0.717) is 0 Å². The van der Waals surface area contributed by atoms with Gasteiger partial charge >= 0.3 is 0 Å². The maximum atomic E-state index is 9.01. The van der Waals surface area contributed by atoms with Gasteiger partial charge in [0.1, 0.15) is 0 Å². The lowest BCUT2D eigenvalue weighted by Crippen LogP contribution is -2.27. The molecule has 3 heteroatoms. The van der Waals surface area contributed by atoms with Crippen LogP contribution in [0.15, 0.2) is 24.3 Å². The molecule has 0 bridgehead atoms. The van der Waals surface area contributed by atoms with Crippen molar-refractivity contribution in [3.8, 4) is 0 Å². The third-order valence-electron chi connectivity index (χ3n) is 2.81. The Morgan fingerprint density at radius 3 is 2.18 bits per heavy atom. The zero-order valence-corrected chi connectivity index (χ0v) is 11.2. The molecule has 0 amide bonds. The van der Waals surface area contributed by atoms with Gasteiger partial charge in [-0.05, 0) is 30.7 Å². The molecule has 0 aliphatic carbocycles. The Balaban J connectivity index is 2.59. The van der Waals surface area contributed by atoms with Crippen LogP contribution >= 0.6 is 0 Å². The number of rotatable bonds is 7. The molecule has 0 unspecified atom stereocenters. The van der Waals surface area contributed by atoms with E-state index in [2.05, 4.69) is 41.0 Å². The highest BCUT2D eigenvalue weighted by molar-refractivity contribution is 5.45. The molecule has 0 spiro atoms. The van der Waals surface area contributed by atoms with E-state index in [1.165, 1.54) is 11.3 Å². The molecule has 96 valence electrons. The predicted octanol–water partition coefficient (Wildman–Crippen LogP) is 1.96. The lowest BCUT2D eigenvalue weighted by atomic mass is 10.2. The van der Waals surface area contributed by atoms with Crippen LogP contribution in [0, 0.1) is 0 Å². The van der Waals surface area contributed by atoms with E-state index in [1.807, 2.05) is 14.1 Å². The topological polar surface area (TPSA) is 26.7 Å². The molecule has 1 aromatic carbocycles. The summed E-state index contributed by atoms with van der Waals surface area (Å²) >= 11 is 0. The van der Waals surface area contributed by atoms with Crippen LogP contribution in [0.3, 0.4) is 0 Å². The molecule has 3 nitrogen and oxygen atoms in total. The van der Waals surface area contributed by atoms with Crippen LogP contribution in [0.5, 0.6) is 0 Å². The molecular weight excluding hydrogens is 212 g/mol. The van der Waals surface area contributed by atoms with Crippen molar-refractivity contribution in [2.75, 3.05) is 38.7 Å². The minimum absolute atomic E-state index is 0.232. The van der Waals surface area contributed by atoms with Gasteiger partial charge in [0, 0.05) is 32.9 Å². The monoisotopic (exact) mass is 236 g/mol. The number of hydrogen-bond donors (Lipinski definition) is 1. The van der Waals surface area contributed by atoms with Gasteiger partial charge in [-0.1, -0.05) is 19.1 Å². The van der Waals surface area contributed by atoms with Crippen molar-refractivity contribution in [3.05, 3.63) is 29.8 Å². The molecule has 0 atom stereocenters. The second-order valence-corrected chi connectivity index (χ2v) is 4.56. The maximum Gasteiger partial charge on any atom is 0.0558 e. The fourth-order valence-electron chi connectivity index (χ4n) is 1.89. The highest BCUT2D eigenvalue weighted by Gasteiger charge is 2.04. The van der Waals surface area contributed by atoms with Gasteiger partial charge in [-0.25, -0.2) is 0 Å². The summed E-state index contributed by atoms with van der Waals surface area (Å²) in [7, 11) is 4.09. The Morgan fingerprint density at radius 2 is 1.71 bits per heavy atom. The molecule has 0 fully saturated rings. The van der Waals surface area contributed by atoms with E-state index in [4.69, 9.17) is 5.11 Å². The lowest BCUT2D eigenvalue weighted by molar-refractivity contribution is 0.190. The largest absolute Gasteiger partial charge is 0.395 e. The summed E-state index contributed by atoms with van der Waals surface area (Å²) in [6.45, 7) is 5.11. The van der Waals surface area contributed by atoms with Crippen LogP contribution in [0.1, 0.15) is 18.9 Å². The molecule has 0 aliphatic rings. The van der Waals surface area contributed by atoms with E-state index in [1.54, 1.807) is 0 Å². The molecule has 0 radical (unpaired) electrons. The van der Waals surface area contributed by atoms with E-state index in [9.17, 15) is 0 Å². The summed E-state index contributed by atoms with van der Waals surface area (Å²) in [6, 6.07) is 8.60. The summed E-state index contributed by atoms with van der Waals surface area (Å²) in [5.74, 6) is 0. The molecule has 1 N–H and O–H groups in total. The third-order valence-corrected chi connectivity index (χ3v) is 2.81. The van der Waals surface area contributed by atoms with E-state index >= 15 is 0 Å². The van der Waals surface area contributed by atoms with Crippen LogP contribution in [0.25, 0.3) is 0 Å². The third kappa shape index (κ3) is 4.75. The van der Waals surface area contributed by atoms with Gasteiger partial charge in [0.05, 0.1) is 6.61 Å². The molecule has 1 aromatic rings. The van der Waals surface area contributed by atoms with Crippen molar-refractivity contribution in [1.29, 1.82) is 0 Å². The molecule has 17 heavy (non-hydrogen) atoms. The first-order valence-corrected chi connectivity index (χ1v) is 6.26. The van der Waals surface area contributed by atoms with E-state index in [-0.39, 0.29) is 6.61 Å². The molecule has 0 aromatic heterocycles. The number of aliphatic hydroxyl groups excluding tert-OH is 1. The number of anilines is 1. The van der Waals surface area contributed by atoms with Crippen molar-refractivity contribution < 1.29 is 5.11 Å². The van der Waals surface area contributed by atoms with Crippen molar-refractivity contribution in [2.24, 2.45) is 0 Å². The minimum atomic E-state index is 0.232. The molecule has 0 saturated heterocycles. The average Bonchev–Trinajstić information content (AvgIpc) is 2.30. The highest BCUT2D eigenvalue weighted by atomic mass is 16.3. The van der Waals surface area contributed by atoms with Gasteiger partial charge in [0.25, 0.3) is 0 Å². The van der Waals surface area contributed by atoms with Crippen LogP contribution < -0.4 is 4.90 Å². The first kappa shape index (κ1) is 14.0. The Kier molecular flexibility index (Phi) is 6.01. The van der Waals surface area contributed by atoms with Gasteiger partial charge in [-0.3, -0.25) is 4.90 Å². The summed E-state index contributed by atoms with van der Waals surface area (Å²) in [6.07, 6.45) is 1.12. The first-order valence-electron chi connectivity index (χ1n) is 6.26. The van der Waals surface area contributed by atoms with Crippen molar-refractivity contribution in [2.45, 2.75) is 19.9 Å². The van der Waals surface area contributed by atoms with Crippen LogP contribution in [-0.2, 0) is 6.54 Å². The Morgan fingerprint density at radius 1 is 1.06 bits per heavy atom. The molecular formula is C14H24N2O. The van der Waals surface area contributed by atoms with Gasteiger partial charge in [-0.2, -0.15) is 0 Å². The Labute approximate surface area is 105 Å². The molecule has 0 heterocycles. The summed E-state index contributed by atoms with van der Waals surface area (Å²) < 4.78 is 0. The minimum Gasteiger partial charge on any atom is -0.395 e. The highest BCUT2D eigenvalue weighted by Crippen LogP contribution is 2.13. The molecule has 0 aliphatic heterocycles. The fourth-order valence-corrected chi connectivity index (χ4v) is 1.89. The van der Waals surface area contributed by atoms with Crippen molar-refractivity contribution >= 4 is 5.69 Å². The standard InChI is InChI=1S/C14H24N2O/c1-4-9-16(10-11-17)12-13-5-7-14(8-6-13)15(2)3/h5-8,17H,4,9-12H2,1-3H3. The number of aliphatic hydroxyl groups is 1. The van der Waals surface area contributed by atoms with E-state index in [0.717, 1.165) is 26.1 Å². The normalized spacial score (nSPS) is 10.9. The van der Waals surface area contributed by atoms with Crippen LogP contribution in [0.2, 0.25) is 0 Å². The van der Waals surface area contributed by atoms with E-state index < -0.39 is 0 Å². The van der Waals surface area contributed by atoms with Gasteiger partial charge in [-0.15, -0.1) is 0 Å². The fraction of sp³-hybridized carbons (Fsp3) is 0.571.